The van der Waals surface area contributed by atoms with Crippen molar-refractivity contribution >= 4 is 11.8 Å². The second-order valence-corrected chi connectivity index (χ2v) is 8.74. The van der Waals surface area contributed by atoms with Gasteiger partial charge in [0.25, 0.3) is 5.91 Å². The van der Waals surface area contributed by atoms with Gasteiger partial charge in [0, 0.05) is 25.2 Å². The van der Waals surface area contributed by atoms with Crippen molar-refractivity contribution < 1.29 is 9.59 Å². The van der Waals surface area contributed by atoms with Crippen LogP contribution in [0, 0.1) is 0 Å². The zero-order chi connectivity index (χ0) is 19.8. The number of rotatable bonds is 3. The molecule has 0 unspecified atom stereocenters. The molecular weight excluding hydrogens is 360 g/mol. The lowest BCUT2D eigenvalue weighted by molar-refractivity contribution is -0.136. The summed E-state index contributed by atoms with van der Waals surface area (Å²) in [5.41, 5.74) is 2.37. The molecule has 5 rings (SSSR count). The van der Waals surface area contributed by atoms with Gasteiger partial charge in [-0.3, -0.25) is 9.59 Å². The highest BCUT2D eigenvalue weighted by Crippen LogP contribution is 2.51. The Morgan fingerprint density at radius 2 is 1.55 bits per heavy atom. The predicted molar refractivity (Wildman–Crippen MR) is 113 cm³/mol. The van der Waals surface area contributed by atoms with Gasteiger partial charge in [-0.15, -0.1) is 0 Å². The molecule has 1 saturated heterocycles. The van der Waals surface area contributed by atoms with Crippen molar-refractivity contribution in [2.45, 2.75) is 56.5 Å². The summed E-state index contributed by atoms with van der Waals surface area (Å²) < 4.78 is 0. The molecule has 29 heavy (non-hydrogen) atoms. The third kappa shape index (κ3) is 2.97. The van der Waals surface area contributed by atoms with Gasteiger partial charge in [-0.05, 0) is 42.9 Å². The Bertz CT molecular complexity index is 911. The van der Waals surface area contributed by atoms with Gasteiger partial charge in [-0.1, -0.05) is 61.4 Å². The maximum Gasteiger partial charge on any atom is 0.254 e. The molecule has 4 heteroatoms. The molecule has 2 aliphatic heterocycles. The highest BCUT2D eigenvalue weighted by atomic mass is 16.2. The summed E-state index contributed by atoms with van der Waals surface area (Å²) in [6.07, 6.45) is 6.13. The van der Waals surface area contributed by atoms with E-state index < -0.39 is 5.54 Å². The van der Waals surface area contributed by atoms with Crippen LogP contribution in [0.1, 0.15) is 65.9 Å². The lowest BCUT2D eigenvalue weighted by Gasteiger charge is -2.50. The van der Waals surface area contributed by atoms with Crippen LogP contribution >= 0.6 is 0 Å². The topological polar surface area (TPSA) is 40.6 Å². The number of fused-ring (bicyclic) bond motifs is 1. The molecule has 2 heterocycles. The molecule has 0 N–H and O–H groups in total. The van der Waals surface area contributed by atoms with Crippen LogP contribution in [0.25, 0.3) is 0 Å². The molecule has 2 amide bonds. The summed E-state index contributed by atoms with van der Waals surface area (Å²) in [6.45, 7) is 2.26. The second-order valence-electron chi connectivity index (χ2n) is 8.74. The van der Waals surface area contributed by atoms with Crippen molar-refractivity contribution in [1.29, 1.82) is 0 Å². The maximum absolute atomic E-state index is 13.8. The minimum atomic E-state index is -0.402. The average Bonchev–Trinajstić information content (AvgIpc) is 3.45. The highest BCUT2D eigenvalue weighted by molar-refractivity contribution is 6.02. The van der Waals surface area contributed by atoms with E-state index in [-0.39, 0.29) is 17.7 Å². The molecule has 0 aromatic heterocycles. The largest absolute Gasteiger partial charge is 0.342 e. The van der Waals surface area contributed by atoms with Gasteiger partial charge in [-0.2, -0.15) is 0 Å². The number of amides is 2. The Labute approximate surface area is 172 Å². The number of nitrogens with zero attached hydrogens (tertiary/aromatic N) is 2. The Balaban J connectivity index is 1.64. The van der Waals surface area contributed by atoms with Gasteiger partial charge in [0.05, 0.1) is 11.5 Å². The fourth-order valence-corrected chi connectivity index (χ4v) is 5.76. The molecular formula is C25H28N2O2. The van der Waals surface area contributed by atoms with E-state index in [2.05, 4.69) is 17.0 Å². The van der Waals surface area contributed by atoms with Crippen LogP contribution < -0.4 is 0 Å². The summed E-state index contributed by atoms with van der Waals surface area (Å²) >= 11 is 0. The van der Waals surface area contributed by atoms with E-state index in [9.17, 15) is 9.59 Å². The van der Waals surface area contributed by atoms with Crippen molar-refractivity contribution in [2.24, 2.45) is 0 Å². The van der Waals surface area contributed by atoms with E-state index in [1.165, 1.54) is 0 Å². The predicted octanol–water partition coefficient (Wildman–Crippen LogP) is 4.36. The zero-order valence-electron chi connectivity index (χ0n) is 16.8. The number of benzene rings is 2. The molecule has 2 aromatic carbocycles. The third-order valence-corrected chi connectivity index (χ3v) is 7.14. The minimum Gasteiger partial charge on any atom is -0.342 e. The molecule has 2 aromatic rings. The fourth-order valence-electron chi connectivity index (χ4n) is 5.76. The van der Waals surface area contributed by atoms with Gasteiger partial charge in [0.2, 0.25) is 5.91 Å². The molecule has 0 radical (unpaired) electrons. The SMILES string of the molecule is O=C([C@H]1c2ccccc2C(=O)N(Cc2ccccc2)C12CCCC2)N1CCCC1. The number of hydrogen-bond acceptors (Lipinski definition) is 2. The second kappa shape index (κ2) is 7.33. The quantitative estimate of drug-likeness (QED) is 0.784. The number of hydrogen-bond donors (Lipinski definition) is 0. The van der Waals surface area contributed by atoms with Crippen LogP contribution in [0.2, 0.25) is 0 Å². The van der Waals surface area contributed by atoms with Crippen molar-refractivity contribution in [3.63, 3.8) is 0 Å². The summed E-state index contributed by atoms with van der Waals surface area (Å²) in [4.78, 5) is 31.6. The fraction of sp³-hybridized carbons (Fsp3) is 0.440. The van der Waals surface area contributed by atoms with Gasteiger partial charge in [0.15, 0.2) is 0 Å². The van der Waals surface area contributed by atoms with E-state index in [0.717, 1.165) is 62.7 Å². The number of carbonyl (C=O) groups is 2. The van der Waals surface area contributed by atoms with E-state index in [4.69, 9.17) is 0 Å². The summed E-state index contributed by atoms with van der Waals surface area (Å²) in [7, 11) is 0. The Kier molecular flexibility index (Phi) is 4.65. The van der Waals surface area contributed by atoms with Crippen LogP contribution in [-0.4, -0.2) is 40.2 Å². The standard InChI is InChI=1S/C25H28N2O2/c28-23-21-13-5-4-12-20(21)22(24(29)26-16-8-9-17-26)25(14-6-7-15-25)27(23)18-19-10-2-1-3-11-19/h1-5,10-13,22H,6-9,14-18H2/t22-/m1/s1. The highest BCUT2D eigenvalue weighted by Gasteiger charge is 2.56. The molecule has 1 aliphatic carbocycles. The van der Waals surface area contributed by atoms with E-state index in [1.807, 2.05) is 47.4 Å². The number of carbonyl (C=O) groups excluding carboxylic acids is 2. The van der Waals surface area contributed by atoms with Crippen LogP contribution in [0.3, 0.4) is 0 Å². The first-order valence-corrected chi connectivity index (χ1v) is 10.9. The van der Waals surface area contributed by atoms with Crippen LogP contribution in [-0.2, 0) is 11.3 Å². The molecule has 1 spiro atoms. The molecule has 150 valence electrons. The van der Waals surface area contributed by atoms with Crippen molar-refractivity contribution in [2.75, 3.05) is 13.1 Å². The molecule has 1 saturated carbocycles. The monoisotopic (exact) mass is 388 g/mol. The molecule has 2 fully saturated rings. The van der Waals surface area contributed by atoms with Crippen molar-refractivity contribution in [3.05, 3.63) is 71.3 Å². The van der Waals surface area contributed by atoms with Gasteiger partial charge >= 0.3 is 0 Å². The lowest BCUT2D eigenvalue weighted by atomic mass is 9.70. The Morgan fingerprint density at radius 3 is 2.28 bits per heavy atom. The summed E-state index contributed by atoms with van der Waals surface area (Å²) in [5, 5.41) is 0. The lowest BCUT2D eigenvalue weighted by Crippen LogP contribution is -2.60. The van der Waals surface area contributed by atoms with Crippen LogP contribution in [0.5, 0.6) is 0 Å². The molecule has 3 aliphatic rings. The molecule has 0 bridgehead atoms. The third-order valence-electron chi connectivity index (χ3n) is 7.14. The smallest absolute Gasteiger partial charge is 0.254 e. The first-order valence-electron chi connectivity index (χ1n) is 10.9. The van der Waals surface area contributed by atoms with E-state index in [0.29, 0.717) is 12.1 Å². The number of likely N-dealkylation sites (tertiary alicyclic amines) is 1. The van der Waals surface area contributed by atoms with Crippen LogP contribution in [0.4, 0.5) is 0 Å². The maximum atomic E-state index is 13.8. The zero-order valence-corrected chi connectivity index (χ0v) is 16.8. The van der Waals surface area contributed by atoms with E-state index in [1.54, 1.807) is 0 Å². The van der Waals surface area contributed by atoms with Gasteiger partial charge < -0.3 is 9.80 Å². The summed E-state index contributed by atoms with van der Waals surface area (Å²) in [6, 6.07) is 18.0. The first-order chi connectivity index (χ1) is 14.2. The normalized spacial score (nSPS) is 22.9. The minimum absolute atomic E-state index is 0.0804. The summed E-state index contributed by atoms with van der Waals surface area (Å²) in [5.74, 6) is 0.0555. The van der Waals surface area contributed by atoms with Crippen molar-refractivity contribution in [1.82, 2.24) is 9.80 Å². The van der Waals surface area contributed by atoms with E-state index >= 15 is 0 Å². The molecule has 4 nitrogen and oxygen atoms in total. The molecule has 1 atom stereocenters. The van der Waals surface area contributed by atoms with Gasteiger partial charge in [-0.25, -0.2) is 0 Å². The van der Waals surface area contributed by atoms with Crippen LogP contribution in [0.15, 0.2) is 54.6 Å². The van der Waals surface area contributed by atoms with Crippen molar-refractivity contribution in [3.8, 4) is 0 Å². The first kappa shape index (κ1) is 18.4. The Morgan fingerprint density at radius 1 is 0.897 bits per heavy atom. The Hall–Kier alpha value is -2.62. The van der Waals surface area contributed by atoms with Gasteiger partial charge in [0.1, 0.15) is 0 Å². The average molecular weight is 389 g/mol.